The van der Waals surface area contributed by atoms with Crippen LogP contribution in [0.1, 0.15) is 34.1 Å². The van der Waals surface area contributed by atoms with Crippen molar-refractivity contribution < 1.29 is 0 Å². The second-order valence-electron chi connectivity index (χ2n) is 4.86. The van der Waals surface area contributed by atoms with E-state index in [-0.39, 0.29) is 5.54 Å². The average Bonchev–Trinajstić information content (AvgIpc) is 2.30. The molecule has 0 saturated carbocycles. The highest BCUT2D eigenvalue weighted by Gasteiger charge is 2.15. The van der Waals surface area contributed by atoms with Gasteiger partial charge in [0.25, 0.3) is 0 Å². The molecule has 0 aliphatic rings. The number of pyridine rings is 1. The summed E-state index contributed by atoms with van der Waals surface area (Å²) < 4.78 is 0. The molecule has 1 heterocycles. The van der Waals surface area contributed by atoms with Crippen LogP contribution in [0.3, 0.4) is 0 Å². The molecule has 1 unspecified atom stereocenters. The molecule has 0 aromatic carbocycles. The van der Waals surface area contributed by atoms with E-state index in [1.54, 1.807) is 18.0 Å². The van der Waals surface area contributed by atoms with Crippen LogP contribution in [0.5, 0.6) is 0 Å². The van der Waals surface area contributed by atoms with Gasteiger partial charge in [0.1, 0.15) is 0 Å². The fraction of sp³-hybridized carbons (Fsp3) is 0.615. The van der Waals surface area contributed by atoms with Gasteiger partial charge in [0.05, 0.1) is 10.0 Å². The van der Waals surface area contributed by atoms with Crippen molar-refractivity contribution in [1.82, 2.24) is 10.3 Å². The quantitative estimate of drug-likeness (QED) is 0.793. The van der Waals surface area contributed by atoms with Crippen molar-refractivity contribution in [3.63, 3.8) is 0 Å². The average molecular weight is 273 g/mol. The highest BCUT2D eigenvalue weighted by molar-refractivity contribution is 7.99. The Bertz CT molecular complexity index is 338. The molecule has 0 bridgehead atoms. The third-order valence-electron chi connectivity index (χ3n) is 2.77. The van der Waals surface area contributed by atoms with Gasteiger partial charge in [0, 0.05) is 23.5 Å². The van der Waals surface area contributed by atoms with E-state index in [2.05, 4.69) is 38.0 Å². The van der Waals surface area contributed by atoms with Gasteiger partial charge in [-0.15, -0.1) is 11.8 Å². The van der Waals surface area contributed by atoms with Gasteiger partial charge < -0.3 is 5.32 Å². The van der Waals surface area contributed by atoms with Crippen LogP contribution >= 0.6 is 23.4 Å². The fourth-order valence-corrected chi connectivity index (χ4v) is 2.18. The molecule has 0 aliphatic heterocycles. The largest absolute Gasteiger partial charge is 0.311 e. The number of nitrogens with one attached hydrogen (secondary N) is 1. The zero-order valence-corrected chi connectivity index (χ0v) is 12.5. The zero-order chi connectivity index (χ0) is 12.9. The van der Waals surface area contributed by atoms with E-state index in [1.165, 1.54) is 0 Å². The van der Waals surface area contributed by atoms with Crippen molar-refractivity contribution in [2.45, 2.75) is 49.9 Å². The maximum absolute atomic E-state index is 5.80. The minimum atomic E-state index is 0.211. The summed E-state index contributed by atoms with van der Waals surface area (Å²) in [5.74, 6) is 0. The summed E-state index contributed by atoms with van der Waals surface area (Å²) in [5.41, 5.74) is 0.211. The van der Waals surface area contributed by atoms with Crippen LogP contribution in [0.4, 0.5) is 0 Å². The van der Waals surface area contributed by atoms with Crippen molar-refractivity contribution in [1.29, 1.82) is 0 Å². The number of nitrogens with zero attached hydrogens (tertiary/aromatic N) is 1. The van der Waals surface area contributed by atoms with Gasteiger partial charge in [-0.05, 0) is 32.4 Å². The molecule has 0 radical (unpaired) electrons. The lowest BCUT2D eigenvalue weighted by Gasteiger charge is -2.26. The molecule has 17 heavy (non-hydrogen) atoms. The highest BCUT2D eigenvalue weighted by atomic mass is 35.5. The molecular formula is C13H21ClN2S. The number of rotatable bonds is 6. The molecule has 0 saturated heterocycles. The Morgan fingerprint density at radius 2 is 2.18 bits per heavy atom. The van der Waals surface area contributed by atoms with E-state index in [1.807, 2.05) is 12.1 Å². The van der Waals surface area contributed by atoms with Gasteiger partial charge in [0.2, 0.25) is 0 Å². The van der Waals surface area contributed by atoms with Crippen molar-refractivity contribution in [2.24, 2.45) is 0 Å². The number of hydrogen-bond donors (Lipinski definition) is 1. The Morgan fingerprint density at radius 3 is 2.71 bits per heavy atom. The predicted octanol–water partition coefficient (Wildman–Crippen LogP) is 3.99. The van der Waals surface area contributed by atoms with E-state index in [0.717, 1.165) is 18.0 Å². The van der Waals surface area contributed by atoms with Gasteiger partial charge in [0.15, 0.2) is 0 Å². The minimum Gasteiger partial charge on any atom is -0.311 e. The molecule has 1 aromatic rings. The van der Waals surface area contributed by atoms with Crippen LogP contribution in [0, 0.1) is 0 Å². The first-order valence-electron chi connectivity index (χ1n) is 5.96. The van der Waals surface area contributed by atoms with Gasteiger partial charge in [-0.1, -0.05) is 25.4 Å². The van der Waals surface area contributed by atoms with Crippen LogP contribution in [-0.4, -0.2) is 22.3 Å². The second kappa shape index (κ2) is 6.62. The first kappa shape index (κ1) is 14.8. The Balaban J connectivity index is 2.39. The molecule has 1 aromatic heterocycles. The number of aromatic nitrogens is 1. The molecule has 1 rings (SSSR count). The first-order chi connectivity index (χ1) is 7.93. The van der Waals surface area contributed by atoms with Gasteiger partial charge in [-0.25, -0.2) is 4.98 Å². The van der Waals surface area contributed by atoms with Crippen molar-refractivity contribution in [2.75, 3.05) is 6.54 Å². The maximum Gasteiger partial charge on any atom is 0.0964 e. The Labute approximate surface area is 114 Å². The monoisotopic (exact) mass is 272 g/mol. The summed E-state index contributed by atoms with van der Waals surface area (Å²) in [5, 5.41) is 5.77. The first-order valence-corrected chi connectivity index (χ1v) is 7.22. The normalized spacial score (nSPS) is 13.7. The lowest BCUT2D eigenvalue weighted by molar-refractivity contribution is 0.379. The Morgan fingerprint density at radius 1 is 1.47 bits per heavy atom. The molecule has 0 fully saturated rings. The summed E-state index contributed by atoms with van der Waals surface area (Å²) in [6.07, 6.45) is 2.82. The molecule has 1 atom stereocenters. The number of thioether (sulfide) groups is 1. The van der Waals surface area contributed by atoms with E-state index in [9.17, 15) is 0 Å². The molecule has 4 heteroatoms. The van der Waals surface area contributed by atoms with Gasteiger partial charge in [-0.3, -0.25) is 0 Å². The van der Waals surface area contributed by atoms with Crippen molar-refractivity contribution in [3.05, 3.63) is 23.4 Å². The molecule has 1 N–H and O–H groups in total. The number of halogens is 1. The summed E-state index contributed by atoms with van der Waals surface area (Å²) >= 11 is 7.58. The smallest absolute Gasteiger partial charge is 0.0964 e. The van der Waals surface area contributed by atoms with Crippen LogP contribution < -0.4 is 5.32 Å². The third kappa shape index (κ3) is 5.75. The van der Waals surface area contributed by atoms with E-state index in [0.29, 0.717) is 10.3 Å². The van der Waals surface area contributed by atoms with E-state index >= 15 is 0 Å². The Kier molecular flexibility index (Phi) is 5.77. The molecule has 96 valence electrons. The lowest BCUT2D eigenvalue weighted by Crippen LogP contribution is -2.41. The standard InChI is InChI=1S/C13H21ClN2S/c1-5-13(3,4)16-8-10(2)17-12-7-6-11(14)9-15-12/h6-7,9-10,16H,5,8H2,1-4H3. The fourth-order valence-electron chi connectivity index (χ4n) is 1.22. The second-order valence-corrected chi connectivity index (χ2v) is 6.76. The maximum atomic E-state index is 5.80. The molecule has 0 aliphatic carbocycles. The highest BCUT2D eigenvalue weighted by Crippen LogP contribution is 2.22. The van der Waals surface area contributed by atoms with Crippen LogP contribution in [0.25, 0.3) is 0 Å². The third-order valence-corrected chi connectivity index (χ3v) is 4.05. The summed E-state index contributed by atoms with van der Waals surface area (Å²) in [6, 6.07) is 3.85. The minimum absolute atomic E-state index is 0.211. The SMILES string of the molecule is CCC(C)(C)NCC(C)Sc1ccc(Cl)cn1. The summed E-state index contributed by atoms with van der Waals surface area (Å²) in [4.78, 5) is 4.29. The topological polar surface area (TPSA) is 24.9 Å². The summed E-state index contributed by atoms with van der Waals surface area (Å²) in [7, 11) is 0. The zero-order valence-electron chi connectivity index (χ0n) is 11.0. The van der Waals surface area contributed by atoms with E-state index < -0.39 is 0 Å². The van der Waals surface area contributed by atoms with Crippen LogP contribution in [0.15, 0.2) is 23.4 Å². The van der Waals surface area contributed by atoms with Crippen molar-refractivity contribution in [3.8, 4) is 0 Å². The van der Waals surface area contributed by atoms with E-state index in [4.69, 9.17) is 11.6 Å². The van der Waals surface area contributed by atoms with Crippen LogP contribution in [-0.2, 0) is 0 Å². The summed E-state index contributed by atoms with van der Waals surface area (Å²) in [6.45, 7) is 9.84. The Hall–Kier alpha value is -0.250. The van der Waals surface area contributed by atoms with Crippen molar-refractivity contribution >= 4 is 23.4 Å². The van der Waals surface area contributed by atoms with Gasteiger partial charge >= 0.3 is 0 Å². The number of hydrogen-bond acceptors (Lipinski definition) is 3. The molecule has 0 amide bonds. The van der Waals surface area contributed by atoms with Crippen LogP contribution in [0.2, 0.25) is 5.02 Å². The predicted molar refractivity (Wildman–Crippen MR) is 76.9 cm³/mol. The lowest BCUT2D eigenvalue weighted by atomic mass is 10.0. The molecule has 2 nitrogen and oxygen atoms in total. The molecule has 0 spiro atoms. The molecular weight excluding hydrogens is 252 g/mol. The van der Waals surface area contributed by atoms with Gasteiger partial charge in [-0.2, -0.15) is 0 Å².